The Morgan fingerprint density at radius 2 is 1.88 bits per heavy atom. The fourth-order valence-corrected chi connectivity index (χ4v) is 6.23. The lowest BCUT2D eigenvalue weighted by atomic mass is 9.88. The van der Waals surface area contributed by atoms with Gasteiger partial charge in [0.15, 0.2) is 22.3 Å². The maximum Gasteiger partial charge on any atom is 0.278 e. The van der Waals surface area contributed by atoms with Crippen molar-refractivity contribution in [2.75, 3.05) is 19.7 Å². The number of aromatic nitrogens is 4. The van der Waals surface area contributed by atoms with Crippen LogP contribution in [0.4, 0.5) is 4.39 Å². The molecule has 3 aliphatic rings. The van der Waals surface area contributed by atoms with Crippen molar-refractivity contribution in [1.29, 1.82) is 0 Å². The number of likely N-dealkylation sites (tertiary alicyclic amines) is 1. The van der Waals surface area contributed by atoms with E-state index in [4.69, 9.17) is 42.4 Å². The van der Waals surface area contributed by atoms with Crippen LogP contribution in [0.2, 0.25) is 10.2 Å². The normalized spacial score (nSPS) is 23.1. The minimum Gasteiger partial charge on any atom is -0.444 e. The summed E-state index contributed by atoms with van der Waals surface area (Å²) in [5, 5.41) is 9.03. The van der Waals surface area contributed by atoms with E-state index in [0.29, 0.717) is 46.2 Å². The zero-order valence-electron chi connectivity index (χ0n) is 21.9. The van der Waals surface area contributed by atoms with Crippen molar-refractivity contribution in [2.24, 2.45) is 0 Å². The lowest BCUT2D eigenvalue weighted by Crippen LogP contribution is -2.35. The fourth-order valence-electron chi connectivity index (χ4n) is 5.93. The predicted octanol–water partition coefficient (Wildman–Crippen LogP) is 6.08. The molecule has 0 amide bonds. The summed E-state index contributed by atoms with van der Waals surface area (Å²) in [6.45, 7) is 5.74. The van der Waals surface area contributed by atoms with Gasteiger partial charge in [0.25, 0.3) is 5.79 Å². The summed E-state index contributed by atoms with van der Waals surface area (Å²) >= 11 is 12.1. The van der Waals surface area contributed by atoms with Crippen molar-refractivity contribution in [2.45, 2.75) is 57.1 Å². The molecule has 0 aliphatic carbocycles. The predicted molar refractivity (Wildman–Crippen MR) is 148 cm³/mol. The van der Waals surface area contributed by atoms with Crippen LogP contribution in [0.1, 0.15) is 49.1 Å². The molecule has 7 rings (SSSR count). The van der Waals surface area contributed by atoms with Crippen molar-refractivity contribution >= 4 is 34.4 Å². The maximum atomic E-state index is 14.8. The molecule has 2 saturated heterocycles. The molecule has 5 heterocycles. The molecule has 0 radical (unpaired) electrons. The number of ether oxygens (including phenoxy) is 3. The van der Waals surface area contributed by atoms with E-state index in [9.17, 15) is 4.39 Å². The highest BCUT2D eigenvalue weighted by Crippen LogP contribution is 2.49. The van der Waals surface area contributed by atoms with Gasteiger partial charge in [0, 0.05) is 30.2 Å². The van der Waals surface area contributed by atoms with Gasteiger partial charge in [-0.05, 0) is 62.5 Å². The number of fused-ring (bicyclic) bond motifs is 2. The molecular formula is C29H28Cl2FN5O3. The van der Waals surface area contributed by atoms with Gasteiger partial charge in [-0.3, -0.25) is 4.90 Å². The average Bonchev–Trinajstić information content (AvgIpc) is 3.42. The molecule has 3 aliphatic heterocycles. The molecule has 0 saturated carbocycles. The van der Waals surface area contributed by atoms with E-state index in [-0.39, 0.29) is 6.10 Å². The molecule has 208 valence electrons. The summed E-state index contributed by atoms with van der Waals surface area (Å²) in [5.41, 5.74) is 2.90. The van der Waals surface area contributed by atoms with Crippen molar-refractivity contribution in [3.63, 3.8) is 0 Å². The largest absolute Gasteiger partial charge is 0.444 e. The maximum absolute atomic E-state index is 14.8. The molecule has 40 heavy (non-hydrogen) atoms. The highest BCUT2D eigenvalue weighted by molar-refractivity contribution is 6.30. The molecule has 0 N–H and O–H groups in total. The number of nitrogens with zero attached hydrogens (tertiary/aromatic N) is 5. The van der Waals surface area contributed by atoms with Gasteiger partial charge >= 0.3 is 0 Å². The second kappa shape index (κ2) is 10.1. The van der Waals surface area contributed by atoms with E-state index >= 15 is 0 Å². The lowest BCUT2D eigenvalue weighted by Gasteiger charge is -2.33. The number of hydrogen-bond acceptors (Lipinski definition) is 7. The molecule has 8 nitrogen and oxygen atoms in total. The molecule has 2 aromatic carbocycles. The van der Waals surface area contributed by atoms with Gasteiger partial charge < -0.3 is 18.8 Å². The lowest BCUT2D eigenvalue weighted by molar-refractivity contribution is -0.0712. The number of halogens is 3. The molecule has 2 fully saturated rings. The molecular weight excluding hydrogens is 556 g/mol. The van der Waals surface area contributed by atoms with Crippen molar-refractivity contribution < 1.29 is 18.6 Å². The quantitative estimate of drug-likeness (QED) is 0.272. The fraction of sp³-hybridized carbons (Fsp3) is 0.414. The van der Waals surface area contributed by atoms with Crippen LogP contribution >= 0.6 is 23.2 Å². The van der Waals surface area contributed by atoms with Gasteiger partial charge in [-0.1, -0.05) is 35.3 Å². The number of benzene rings is 2. The third-order valence-electron chi connectivity index (χ3n) is 8.15. The zero-order valence-corrected chi connectivity index (χ0v) is 23.5. The number of piperidine rings is 1. The first-order valence-corrected chi connectivity index (χ1v) is 14.3. The Balaban J connectivity index is 1.07. The average molecular weight is 584 g/mol. The van der Waals surface area contributed by atoms with Crippen molar-refractivity contribution in [3.05, 3.63) is 75.4 Å². The Kier molecular flexibility index (Phi) is 6.58. The summed E-state index contributed by atoms with van der Waals surface area (Å²) in [6.07, 6.45) is 3.10. The van der Waals surface area contributed by atoms with E-state index in [0.717, 1.165) is 61.5 Å². The molecule has 4 aromatic rings. The van der Waals surface area contributed by atoms with E-state index in [1.54, 1.807) is 25.1 Å². The van der Waals surface area contributed by atoms with Gasteiger partial charge in [0.1, 0.15) is 17.2 Å². The van der Waals surface area contributed by atoms with Crippen LogP contribution in [0, 0.1) is 5.82 Å². The van der Waals surface area contributed by atoms with E-state index < -0.39 is 11.6 Å². The first-order valence-electron chi connectivity index (χ1n) is 13.5. The van der Waals surface area contributed by atoms with Gasteiger partial charge in [0.2, 0.25) is 0 Å². The molecule has 0 spiro atoms. The van der Waals surface area contributed by atoms with Crippen LogP contribution in [0.3, 0.4) is 0 Å². The minimum absolute atomic E-state index is 0.175. The zero-order chi connectivity index (χ0) is 27.4. The van der Waals surface area contributed by atoms with E-state index in [1.165, 1.54) is 6.07 Å². The van der Waals surface area contributed by atoms with Gasteiger partial charge in [-0.25, -0.2) is 9.37 Å². The van der Waals surface area contributed by atoms with Crippen LogP contribution in [0.15, 0.2) is 42.5 Å². The van der Waals surface area contributed by atoms with Crippen LogP contribution < -0.4 is 9.47 Å². The summed E-state index contributed by atoms with van der Waals surface area (Å²) in [6, 6.07) is 12.2. The number of hydrogen-bond donors (Lipinski definition) is 0. The topological polar surface area (TPSA) is 74.5 Å². The summed E-state index contributed by atoms with van der Waals surface area (Å²) in [7, 11) is 0. The monoisotopic (exact) mass is 583 g/mol. The molecule has 0 unspecified atom stereocenters. The first kappa shape index (κ1) is 26.0. The summed E-state index contributed by atoms with van der Waals surface area (Å²) in [4.78, 5) is 7.28. The first-order chi connectivity index (χ1) is 19.4. The van der Waals surface area contributed by atoms with Gasteiger partial charge in [0.05, 0.1) is 24.8 Å². The van der Waals surface area contributed by atoms with Crippen molar-refractivity contribution in [3.8, 4) is 11.5 Å². The summed E-state index contributed by atoms with van der Waals surface area (Å²) < 4.78 is 35.1. The number of rotatable bonds is 6. The molecule has 0 bridgehead atoms. The van der Waals surface area contributed by atoms with Crippen LogP contribution in [-0.2, 0) is 23.6 Å². The highest BCUT2D eigenvalue weighted by Gasteiger charge is 2.43. The molecule has 2 atom stereocenters. The molecule has 2 aromatic heterocycles. The SMILES string of the molecule is C[C@]1(c2ccc(Cl)cc2F)Oc2cccc(C3CCN(Cc4nc5cc(Cl)nnc5n4C[C@@H]4CCO4)CC3)c2O1. The standard InChI is InChI=1S/C29H28Cl2FN5O3/c1-29(21-6-5-18(30)13-22(21)32)39-24-4-2-3-20(27(24)40-29)17-7-10-36(11-8-17)16-26-33-23-14-25(31)34-35-28(23)37(26)15-19-9-12-38-19/h2-6,13-14,17,19H,7-12,15-16H2,1H3/t19-,29-/m0/s1. The Hall–Kier alpha value is -2.98. The second-order valence-electron chi connectivity index (χ2n) is 10.8. The van der Waals surface area contributed by atoms with Crippen LogP contribution in [0.5, 0.6) is 11.5 Å². The Morgan fingerprint density at radius 1 is 1.05 bits per heavy atom. The third kappa shape index (κ3) is 4.68. The van der Waals surface area contributed by atoms with Crippen molar-refractivity contribution in [1.82, 2.24) is 24.6 Å². The Bertz CT molecular complexity index is 1590. The highest BCUT2D eigenvalue weighted by atomic mass is 35.5. The van der Waals surface area contributed by atoms with Gasteiger partial charge in [-0.15, -0.1) is 10.2 Å². The Labute approximate surface area is 241 Å². The van der Waals surface area contributed by atoms with Gasteiger partial charge in [-0.2, -0.15) is 0 Å². The third-order valence-corrected chi connectivity index (χ3v) is 8.57. The summed E-state index contributed by atoms with van der Waals surface area (Å²) in [5.74, 6) is 0.834. The van der Waals surface area contributed by atoms with Crippen LogP contribution in [0.25, 0.3) is 11.2 Å². The second-order valence-corrected chi connectivity index (χ2v) is 11.6. The Morgan fingerprint density at radius 3 is 2.62 bits per heavy atom. The smallest absolute Gasteiger partial charge is 0.278 e. The minimum atomic E-state index is -1.26. The van der Waals surface area contributed by atoms with E-state index in [1.807, 2.05) is 12.1 Å². The van der Waals surface area contributed by atoms with E-state index in [2.05, 4.69) is 25.7 Å². The number of imidazole rings is 1. The van der Waals surface area contributed by atoms with Crippen LogP contribution in [-0.4, -0.2) is 50.4 Å². The molecule has 11 heteroatoms. The number of para-hydroxylation sites is 1.